The Morgan fingerprint density at radius 1 is 1.14 bits per heavy atom. The van der Waals surface area contributed by atoms with E-state index in [1.165, 1.54) is 63.8 Å². The largest absolute Gasteiger partial charge is 0.493 e. The monoisotopic (exact) mass is 300 g/mol. The normalized spacial score (nSPS) is 24.7. The van der Waals surface area contributed by atoms with Crippen molar-refractivity contribution in [3.8, 4) is 5.75 Å². The highest BCUT2D eigenvalue weighted by molar-refractivity contribution is 5.33. The minimum atomic E-state index is 0.592. The second-order valence-electron chi connectivity index (χ2n) is 7.57. The molecule has 3 aliphatic rings. The van der Waals surface area contributed by atoms with Crippen LogP contribution < -0.4 is 10.1 Å². The van der Waals surface area contributed by atoms with Gasteiger partial charge >= 0.3 is 0 Å². The first-order valence-corrected chi connectivity index (χ1v) is 8.97. The van der Waals surface area contributed by atoms with E-state index in [0.717, 1.165) is 24.8 Å². The van der Waals surface area contributed by atoms with Gasteiger partial charge in [-0.15, -0.1) is 0 Å². The van der Waals surface area contributed by atoms with Gasteiger partial charge in [0.2, 0.25) is 0 Å². The average molecular weight is 300 g/mol. The molecule has 3 heteroatoms. The van der Waals surface area contributed by atoms with Crippen LogP contribution >= 0.6 is 0 Å². The van der Waals surface area contributed by atoms with Gasteiger partial charge in [-0.3, -0.25) is 4.90 Å². The summed E-state index contributed by atoms with van der Waals surface area (Å²) >= 11 is 0. The fraction of sp³-hybridized carbons (Fsp3) is 0.684. The summed E-state index contributed by atoms with van der Waals surface area (Å²) in [6.45, 7) is 6.88. The summed E-state index contributed by atoms with van der Waals surface area (Å²) in [5.41, 5.74) is 1.96. The van der Waals surface area contributed by atoms with Gasteiger partial charge in [-0.1, -0.05) is 18.2 Å². The molecule has 4 rings (SSSR count). The predicted molar refractivity (Wildman–Crippen MR) is 89.1 cm³/mol. The molecule has 2 heterocycles. The zero-order valence-electron chi connectivity index (χ0n) is 13.5. The lowest BCUT2D eigenvalue weighted by Crippen LogP contribution is -2.38. The molecule has 1 aliphatic carbocycles. The van der Waals surface area contributed by atoms with E-state index in [0.29, 0.717) is 5.41 Å². The van der Waals surface area contributed by atoms with Crippen LogP contribution in [0.4, 0.5) is 0 Å². The Bertz CT molecular complexity index is 506. The Morgan fingerprint density at radius 2 is 1.95 bits per heavy atom. The van der Waals surface area contributed by atoms with E-state index >= 15 is 0 Å². The van der Waals surface area contributed by atoms with Crippen molar-refractivity contribution >= 4 is 0 Å². The van der Waals surface area contributed by atoms with Crippen molar-refractivity contribution in [3.05, 3.63) is 29.8 Å². The van der Waals surface area contributed by atoms with Crippen molar-refractivity contribution in [2.24, 2.45) is 11.3 Å². The van der Waals surface area contributed by atoms with Crippen LogP contribution in [0.2, 0.25) is 0 Å². The number of piperidine rings is 1. The first-order valence-electron chi connectivity index (χ1n) is 8.97. The summed E-state index contributed by atoms with van der Waals surface area (Å²) in [5, 5.41) is 3.50. The number of nitrogens with one attached hydrogen (secondary N) is 1. The first kappa shape index (κ1) is 14.5. The fourth-order valence-corrected chi connectivity index (χ4v) is 4.04. The summed E-state index contributed by atoms with van der Waals surface area (Å²) in [5.74, 6) is 1.93. The van der Waals surface area contributed by atoms with E-state index in [9.17, 15) is 0 Å². The molecule has 1 aromatic carbocycles. The average Bonchev–Trinajstić information content (AvgIpc) is 3.31. The highest BCUT2D eigenvalue weighted by Crippen LogP contribution is 2.39. The standard InChI is InChI=1S/C19H28N2O/c1-2-4-18(22-14-16-5-6-16)17(3-1)13-21-12-9-19(15-21)7-10-20-11-8-19/h1-4,16,20H,5-15H2. The lowest BCUT2D eigenvalue weighted by Gasteiger charge is -2.34. The van der Waals surface area contributed by atoms with E-state index in [-0.39, 0.29) is 0 Å². The molecule has 1 spiro atoms. The third-order valence-corrected chi connectivity index (χ3v) is 5.72. The Balaban J connectivity index is 1.38. The third-order valence-electron chi connectivity index (χ3n) is 5.72. The maximum atomic E-state index is 6.07. The molecule has 22 heavy (non-hydrogen) atoms. The molecule has 1 saturated carbocycles. The second-order valence-corrected chi connectivity index (χ2v) is 7.57. The van der Waals surface area contributed by atoms with Crippen LogP contribution in [0.1, 0.15) is 37.7 Å². The van der Waals surface area contributed by atoms with E-state index in [2.05, 4.69) is 34.5 Å². The number of benzene rings is 1. The highest BCUT2D eigenvalue weighted by Gasteiger charge is 2.38. The predicted octanol–water partition coefficient (Wildman–Crippen LogP) is 3.05. The van der Waals surface area contributed by atoms with Crippen LogP contribution in [0.25, 0.3) is 0 Å². The zero-order chi connectivity index (χ0) is 14.8. The Kier molecular flexibility index (Phi) is 4.10. The fourth-order valence-electron chi connectivity index (χ4n) is 4.04. The summed E-state index contributed by atoms with van der Waals surface area (Å²) in [7, 11) is 0. The van der Waals surface area contributed by atoms with Crippen molar-refractivity contribution in [1.29, 1.82) is 0 Å². The van der Waals surface area contributed by atoms with Crippen molar-refractivity contribution in [2.45, 2.75) is 38.6 Å². The lowest BCUT2D eigenvalue weighted by molar-refractivity contribution is 0.192. The van der Waals surface area contributed by atoms with Gasteiger partial charge in [0.25, 0.3) is 0 Å². The minimum Gasteiger partial charge on any atom is -0.493 e. The number of rotatable bonds is 5. The van der Waals surface area contributed by atoms with Gasteiger partial charge in [-0.25, -0.2) is 0 Å². The molecule has 3 fully saturated rings. The molecule has 1 aromatic rings. The molecule has 0 bridgehead atoms. The van der Waals surface area contributed by atoms with Crippen LogP contribution in [-0.4, -0.2) is 37.7 Å². The Labute approximate surface area is 134 Å². The molecular weight excluding hydrogens is 272 g/mol. The summed E-state index contributed by atoms with van der Waals surface area (Å²) < 4.78 is 6.07. The van der Waals surface area contributed by atoms with Crippen LogP contribution in [0.15, 0.2) is 24.3 Å². The van der Waals surface area contributed by atoms with Gasteiger partial charge in [0, 0.05) is 18.7 Å². The third kappa shape index (κ3) is 3.31. The number of likely N-dealkylation sites (tertiary alicyclic amines) is 1. The molecule has 1 N–H and O–H groups in total. The molecule has 0 aromatic heterocycles. The highest BCUT2D eigenvalue weighted by atomic mass is 16.5. The zero-order valence-corrected chi connectivity index (χ0v) is 13.5. The first-order chi connectivity index (χ1) is 10.8. The van der Waals surface area contributed by atoms with Gasteiger partial charge in [0.05, 0.1) is 6.61 Å². The van der Waals surface area contributed by atoms with Gasteiger partial charge in [0.1, 0.15) is 5.75 Å². The molecule has 0 unspecified atom stereocenters. The number of hydrogen-bond acceptors (Lipinski definition) is 3. The van der Waals surface area contributed by atoms with Crippen LogP contribution in [-0.2, 0) is 6.54 Å². The minimum absolute atomic E-state index is 0.592. The second kappa shape index (κ2) is 6.21. The number of ether oxygens (including phenoxy) is 1. The van der Waals surface area contributed by atoms with Gasteiger partial charge in [0.15, 0.2) is 0 Å². The quantitative estimate of drug-likeness (QED) is 0.904. The molecule has 3 nitrogen and oxygen atoms in total. The summed E-state index contributed by atoms with van der Waals surface area (Å²) in [4.78, 5) is 2.64. The topological polar surface area (TPSA) is 24.5 Å². The van der Waals surface area contributed by atoms with E-state index in [1.807, 2.05) is 0 Å². The smallest absolute Gasteiger partial charge is 0.123 e. The Morgan fingerprint density at radius 3 is 2.77 bits per heavy atom. The van der Waals surface area contributed by atoms with Gasteiger partial charge in [-0.05, 0) is 69.1 Å². The Hall–Kier alpha value is -1.06. The van der Waals surface area contributed by atoms with Crippen LogP contribution in [0, 0.1) is 11.3 Å². The summed E-state index contributed by atoms with van der Waals surface area (Å²) in [6.07, 6.45) is 6.78. The van der Waals surface area contributed by atoms with Crippen LogP contribution in [0.3, 0.4) is 0 Å². The van der Waals surface area contributed by atoms with Crippen molar-refractivity contribution in [3.63, 3.8) is 0 Å². The molecule has 0 atom stereocenters. The maximum absolute atomic E-state index is 6.07. The molecule has 2 saturated heterocycles. The van der Waals surface area contributed by atoms with Crippen molar-refractivity contribution in [2.75, 3.05) is 32.8 Å². The van der Waals surface area contributed by atoms with Crippen LogP contribution in [0.5, 0.6) is 5.75 Å². The van der Waals surface area contributed by atoms with Gasteiger partial charge < -0.3 is 10.1 Å². The van der Waals surface area contributed by atoms with Crippen molar-refractivity contribution < 1.29 is 4.74 Å². The number of nitrogens with zero attached hydrogens (tertiary/aromatic N) is 1. The van der Waals surface area contributed by atoms with E-state index in [4.69, 9.17) is 4.74 Å². The maximum Gasteiger partial charge on any atom is 0.123 e. The lowest BCUT2D eigenvalue weighted by atomic mass is 9.78. The van der Waals surface area contributed by atoms with E-state index < -0.39 is 0 Å². The molecule has 0 amide bonds. The van der Waals surface area contributed by atoms with E-state index in [1.54, 1.807) is 0 Å². The molecule has 2 aliphatic heterocycles. The SMILES string of the molecule is c1ccc(OCC2CC2)c(CN2CCC3(CCNCC3)C2)c1. The van der Waals surface area contributed by atoms with Gasteiger partial charge in [-0.2, -0.15) is 0 Å². The number of para-hydroxylation sites is 1. The molecule has 120 valence electrons. The molecular formula is C19H28N2O. The van der Waals surface area contributed by atoms with Crippen molar-refractivity contribution in [1.82, 2.24) is 10.2 Å². The molecule has 0 radical (unpaired) electrons. The summed E-state index contributed by atoms with van der Waals surface area (Å²) in [6, 6.07) is 8.64. The number of hydrogen-bond donors (Lipinski definition) is 1.